The van der Waals surface area contributed by atoms with E-state index < -0.39 is 0 Å². The molecule has 1 aromatic carbocycles. The molecule has 0 aliphatic carbocycles. The van der Waals surface area contributed by atoms with Gasteiger partial charge in [-0.25, -0.2) is 9.97 Å². The summed E-state index contributed by atoms with van der Waals surface area (Å²) in [5, 5.41) is 3.08. The van der Waals surface area contributed by atoms with Crippen LogP contribution in [0.25, 0.3) is 0 Å². The number of benzene rings is 1. The molecule has 1 saturated heterocycles. The average molecular weight is 440 g/mol. The maximum Gasteiger partial charge on any atom is 0.260 e. The Labute approximate surface area is 190 Å². The van der Waals surface area contributed by atoms with Gasteiger partial charge in [-0.05, 0) is 37.8 Å². The molecule has 0 bridgehead atoms. The van der Waals surface area contributed by atoms with Crippen LogP contribution in [0.5, 0.6) is 5.75 Å². The lowest BCUT2D eigenvalue weighted by Crippen LogP contribution is -2.42. The van der Waals surface area contributed by atoms with Crippen LogP contribution in [0, 0.1) is 13.8 Å². The van der Waals surface area contributed by atoms with E-state index in [-0.39, 0.29) is 24.3 Å². The molecule has 0 radical (unpaired) electrons. The van der Waals surface area contributed by atoms with Crippen LogP contribution in [0.15, 0.2) is 24.3 Å². The van der Waals surface area contributed by atoms with E-state index in [4.69, 9.17) is 9.72 Å². The quantitative estimate of drug-likeness (QED) is 0.714. The number of ether oxygens (including phenoxy) is 1. The van der Waals surface area contributed by atoms with Gasteiger partial charge >= 0.3 is 0 Å². The molecule has 1 aromatic heterocycles. The molecular weight excluding hydrogens is 406 g/mol. The summed E-state index contributed by atoms with van der Waals surface area (Å²) < 4.78 is 5.88. The number of nitrogens with one attached hydrogen (secondary N) is 1. The first-order chi connectivity index (χ1) is 15.3. The molecule has 1 atom stereocenters. The summed E-state index contributed by atoms with van der Waals surface area (Å²) in [4.78, 5) is 37.3. The number of amides is 2. The van der Waals surface area contributed by atoms with Crippen molar-refractivity contribution < 1.29 is 14.3 Å². The molecule has 2 aromatic rings. The number of hydrogen-bond donors (Lipinski definition) is 1. The highest BCUT2D eigenvalue weighted by molar-refractivity contribution is 5.78. The van der Waals surface area contributed by atoms with Crippen molar-refractivity contribution in [3.05, 3.63) is 46.9 Å². The van der Waals surface area contributed by atoms with Crippen molar-refractivity contribution in [2.75, 3.05) is 39.1 Å². The predicted octanol–water partition coefficient (Wildman–Crippen LogP) is 2.90. The summed E-state index contributed by atoms with van der Waals surface area (Å²) in [6.45, 7) is 7.20. The number of carbonyl (C=O) groups is 2. The molecule has 3 rings (SSSR count). The Morgan fingerprint density at radius 2 is 1.97 bits per heavy atom. The number of anilines is 1. The van der Waals surface area contributed by atoms with Gasteiger partial charge in [-0.1, -0.05) is 18.2 Å². The normalized spacial score (nSPS) is 15.9. The first kappa shape index (κ1) is 23.5. The van der Waals surface area contributed by atoms with Gasteiger partial charge < -0.3 is 19.9 Å². The second kappa shape index (κ2) is 10.4. The molecule has 0 saturated carbocycles. The number of rotatable bonds is 7. The number of carbonyl (C=O) groups excluding carboxylic acids is 2. The van der Waals surface area contributed by atoms with Gasteiger partial charge in [-0.15, -0.1) is 0 Å². The summed E-state index contributed by atoms with van der Waals surface area (Å²) in [5.41, 5.74) is 2.82. The van der Waals surface area contributed by atoms with E-state index in [1.54, 1.807) is 11.9 Å². The van der Waals surface area contributed by atoms with E-state index in [0.717, 1.165) is 35.4 Å². The molecule has 8 nitrogen and oxygen atoms in total. The number of piperidine rings is 1. The van der Waals surface area contributed by atoms with E-state index in [1.165, 1.54) is 6.92 Å². The minimum Gasteiger partial charge on any atom is -0.483 e. The van der Waals surface area contributed by atoms with E-state index in [1.807, 2.05) is 50.1 Å². The second-order valence-electron chi connectivity index (χ2n) is 8.42. The highest BCUT2D eigenvalue weighted by atomic mass is 16.5. The number of aryl methyl sites for hydroxylation is 2. The molecule has 1 fully saturated rings. The molecular formula is C24H33N5O3. The lowest BCUT2D eigenvalue weighted by molar-refractivity contribution is -0.134. The minimum atomic E-state index is -0.0290. The first-order valence-electron chi connectivity index (χ1n) is 11.0. The number of nitrogens with zero attached hydrogens (tertiary/aromatic N) is 4. The highest BCUT2D eigenvalue weighted by Gasteiger charge is 2.27. The highest BCUT2D eigenvalue weighted by Crippen LogP contribution is 2.27. The number of hydrogen-bond acceptors (Lipinski definition) is 6. The van der Waals surface area contributed by atoms with Gasteiger partial charge in [0.05, 0.1) is 12.2 Å². The van der Waals surface area contributed by atoms with Crippen molar-refractivity contribution in [3.8, 4) is 5.75 Å². The maximum atomic E-state index is 12.9. The standard InChI is InChI=1S/C24H33N5O3/c1-16-8-6-9-17(2)23(16)32-15-22(31)29-11-7-10-19(13-29)24-26-20(12-21(25-4)27-24)14-28(5)18(3)30/h6,8-9,12,19H,7,10-11,13-15H2,1-5H3,(H,25,26,27)/t19-/m0/s1. The molecule has 0 spiro atoms. The fourth-order valence-electron chi connectivity index (χ4n) is 3.93. The number of para-hydroxylation sites is 1. The van der Waals surface area contributed by atoms with Crippen LogP contribution in [0.3, 0.4) is 0 Å². The van der Waals surface area contributed by atoms with Crippen LogP contribution in [0.4, 0.5) is 5.82 Å². The van der Waals surface area contributed by atoms with E-state index in [2.05, 4.69) is 10.3 Å². The second-order valence-corrected chi connectivity index (χ2v) is 8.42. The molecule has 0 unspecified atom stereocenters. The van der Waals surface area contributed by atoms with Crippen molar-refractivity contribution in [2.45, 2.75) is 46.1 Å². The molecule has 1 N–H and O–H groups in total. The van der Waals surface area contributed by atoms with Crippen molar-refractivity contribution in [3.63, 3.8) is 0 Å². The molecule has 2 heterocycles. The molecule has 32 heavy (non-hydrogen) atoms. The van der Waals surface area contributed by atoms with Crippen molar-refractivity contribution in [1.29, 1.82) is 0 Å². The average Bonchev–Trinajstić information content (AvgIpc) is 2.78. The lowest BCUT2D eigenvalue weighted by Gasteiger charge is -2.32. The third-order valence-electron chi connectivity index (χ3n) is 5.88. The molecule has 1 aliphatic rings. The van der Waals surface area contributed by atoms with Gasteiger partial charge in [-0.2, -0.15) is 0 Å². The SMILES string of the molecule is CNc1cc(CN(C)C(C)=O)nc([C@H]2CCCN(C(=O)COc3c(C)cccc3C)C2)n1. The lowest BCUT2D eigenvalue weighted by atomic mass is 9.97. The van der Waals surface area contributed by atoms with Crippen molar-refractivity contribution in [2.24, 2.45) is 0 Å². The van der Waals surface area contributed by atoms with Crippen LogP contribution < -0.4 is 10.1 Å². The Morgan fingerprint density at radius 3 is 2.62 bits per heavy atom. The first-order valence-corrected chi connectivity index (χ1v) is 11.0. The van der Waals surface area contributed by atoms with E-state index >= 15 is 0 Å². The Bertz CT molecular complexity index is 958. The molecule has 1 aliphatic heterocycles. The Kier molecular flexibility index (Phi) is 7.66. The van der Waals surface area contributed by atoms with Gasteiger partial charge in [-0.3, -0.25) is 9.59 Å². The predicted molar refractivity (Wildman–Crippen MR) is 124 cm³/mol. The Hall–Kier alpha value is -3.16. The van der Waals surface area contributed by atoms with E-state index in [9.17, 15) is 9.59 Å². The fourth-order valence-corrected chi connectivity index (χ4v) is 3.93. The number of likely N-dealkylation sites (tertiary alicyclic amines) is 1. The zero-order valence-electron chi connectivity index (χ0n) is 19.6. The zero-order chi connectivity index (χ0) is 23.3. The Balaban J connectivity index is 1.69. The summed E-state index contributed by atoms with van der Waals surface area (Å²) in [6.07, 6.45) is 1.80. The van der Waals surface area contributed by atoms with Crippen molar-refractivity contribution in [1.82, 2.24) is 19.8 Å². The van der Waals surface area contributed by atoms with Crippen molar-refractivity contribution >= 4 is 17.6 Å². The smallest absolute Gasteiger partial charge is 0.260 e. The summed E-state index contributed by atoms with van der Waals surface area (Å²) >= 11 is 0. The number of aromatic nitrogens is 2. The summed E-state index contributed by atoms with van der Waals surface area (Å²) in [5.74, 6) is 2.19. The van der Waals surface area contributed by atoms with Gasteiger partial charge in [0.15, 0.2) is 6.61 Å². The van der Waals surface area contributed by atoms with Gasteiger partial charge in [0.1, 0.15) is 17.4 Å². The van der Waals surface area contributed by atoms with Crippen LogP contribution in [0.2, 0.25) is 0 Å². The summed E-state index contributed by atoms with van der Waals surface area (Å²) in [7, 11) is 3.56. The topological polar surface area (TPSA) is 87.7 Å². The minimum absolute atomic E-state index is 0.0183. The third kappa shape index (κ3) is 5.75. The molecule has 8 heteroatoms. The molecule has 172 valence electrons. The van der Waals surface area contributed by atoms with Crippen LogP contribution in [0.1, 0.15) is 48.3 Å². The largest absolute Gasteiger partial charge is 0.483 e. The van der Waals surface area contributed by atoms with Gasteiger partial charge in [0.2, 0.25) is 5.91 Å². The van der Waals surface area contributed by atoms with Gasteiger partial charge in [0.25, 0.3) is 5.91 Å². The molecule has 2 amide bonds. The third-order valence-corrected chi connectivity index (χ3v) is 5.88. The fraction of sp³-hybridized carbons (Fsp3) is 0.500. The maximum absolute atomic E-state index is 12.9. The monoisotopic (exact) mass is 439 g/mol. The van der Waals surface area contributed by atoms with Crippen LogP contribution >= 0.6 is 0 Å². The van der Waals surface area contributed by atoms with Crippen LogP contribution in [-0.2, 0) is 16.1 Å². The Morgan fingerprint density at radius 1 is 1.25 bits per heavy atom. The van der Waals surface area contributed by atoms with E-state index in [0.29, 0.717) is 31.3 Å². The van der Waals surface area contributed by atoms with Crippen LogP contribution in [-0.4, -0.2) is 65.4 Å². The van der Waals surface area contributed by atoms with Gasteiger partial charge in [0, 0.05) is 46.1 Å². The summed E-state index contributed by atoms with van der Waals surface area (Å²) in [6, 6.07) is 7.80. The zero-order valence-corrected chi connectivity index (χ0v) is 19.6.